The molecule has 0 N–H and O–H groups in total. The summed E-state index contributed by atoms with van der Waals surface area (Å²) in [6.45, 7) is 4.67. The molecule has 13 rings (SSSR count). The standard InChI is InChI=1S/C60H39N3OS/c1-60(2)49-18-8-6-14-43(49)44-32-30-42(35-50(44)60)39-24-22-38(23-25-39)41-31-33-51-48(34-41)55-46(16-10-19-52(55)64-51)58-61-57(40-28-26-37(27-29-40)36-12-4-3-5-13-36)62-59(63-58)47-17-11-21-54-56(47)45-15-7-9-20-53(45)65-54/h3-35H,1-2H3. The number of aromatic nitrogens is 3. The first kappa shape index (κ1) is 37.6. The Balaban J connectivity index is 0.928. The fourth-order valence-corrected chi connectivity index (χ4v) is 11.2. The van der Waals surface area contributed by atoms with Crippen LogP contribution in [0.15, 0.2) is 205 Å². The fraction of sp³-hybridized carbons (Fsp3) is 0.0500. The van der Waals surface area contributed by atoms with Gasteiger partial charge >= 0.3 is 0 Å². The predicted molar refractivity (Wildman–Crippen MR) is 270 cm³/mol. The van der Waals surface area contributed by atoms with Gasteiger partial charge in [-0.2, -0.15) is 0 Å². The first-order valence-corrected chi connectivity index (χ1v) is 22.9. The van der Waals surface area contributed by atoms with Crippen LogP contribution in [0, 0.1) is 0 Å². The molecule has 5 heteroatoms. The molecule has 0 aliphatic heterocycles. The second kappa shape index (κ2) is 14.5. The molecule has 0 atom stereocenters. The van der Waals surface area contributed by atoms with Crippen LogP contribution in [-0.2, 0) is 5.41 Å². The first-order valence-electron chi connectivity index (χ1n) is 22.1. The summed E-state index contributed by atoms with van der Waals surface area (Å²) < 4.78 is 9.00. The molecular formula is C60H39N3OS. The molecular weight excluding hydrogens is 811 g/mol. The van der Waals surface area contributed by atoms with Gasteiger partial charge in [-0.05, 0) is 92.0 Å². The Morgan fingerprint density at radius 2 is 0.892 bits per heavy atom. The second-order valence-corrected chi connectivity index (χ2v) is 18.6. The molecule has 0 saturated heterocycles. The molecule has 306 valence electrons. The third-order valence-corrected chi connectivity index (χ3v) is 14.5. The van der Waals surface area contributed by atoms with Gasteiger partial charge in [0.1, 0.15) is 11.2 Å². The van der Waals surface area contributed by atoms with Gasteiger partial charge in [-0.15, -0.1) is 11.3 Å². The third-order valence-electron chi connectivity index (χ3n) is 13.4. The van der Waals surface area contributed by atoms with E-state index in [1.807, 2.05) is 18.2 Å². The van der Waals surface area contributed by atoms with Crippen LogP contribution in [0.5, 0.6) is 0 Å². The minimum absolute atomic E-state index is 0.0466. The van der Waals surface area contributed by atoms with Gasteiger partial charge in [0.05, 0.1) is 0 Å². The molecule has 0 unspecified atom stereocenters. The number of nitrogens with zero attached hydrogens (tertiary/aromatic N) is 3. The van der Waals surface area contributed by atoms with Crippen molar-refractivity contribution in [3.63, 3.8) is 0 Å². The molecule has 3 aromatic heterocycles. The summed E-state index contributed by atoms with van der Waals surface area (Å²) in [4.78, 5) is 15.9. The normalized spacial score (nSPS) is 12.9. The monoisotopic (exact) mass is 849 g/mol. The van der Waals surface area contributed by atoms with E-state index in [2.05, 4.69) is 196 Å². The van der Waals surface area contributed by atoms with Crippen LogP contribution in [-0.4, -0.2) is 15.0 Å². The lowest BCUT2D eigenvalue weighted by Crippen LogP contribution is -2.14. The lowest BCUT2D eigenvalue weighted by Gasteiger charge is -2.22. The summed E-state index contributed by atoms with van der Waals surface area (Å²) in [7, 11) is 0. The van der Waals surface area contributed by atoms with E-state index >= 15 is 0 Å². The Morgan fingerprint density at radius 1 is 0.354 bits per heavy atom. The fourth-order valence-electron chi connectivity index (χ4n) is 10.1. The average Bonchev–Trinajstić information content (AvgIpc) is 4.01. The zero-order valence-corrected chi connectivity index (χ0v) is 36.5. The van der Waals surface area contributed by atoms with E-state index in [4.69, 9.17) is 19.4 Å². The zero-order valence-electron chi connectivity index (χ0n) is 35.7. The van der Waals surface area contributed by atoms with Crippen molar-refractivity contribution in [3.8, 4) is 78.7 Å². The Labute approximate surface area is 380 Å². The predicted octanol–water partition coefficient (Wildman–Crippen LogP) is 16.4. The molecule has 1 aliphatic carbocycles. The number of rotatable bonds is 6. The molecule has 12 aromatic rings. The van der Waals surface area contributed by atoms with E-state index in [1.165, 1.54) is 48.2 Å². The van der Waals surface area contributed by atoms with E-state index < -0.39 is 0 Å². The highest BCUT2D eigenvalue weighted by atomic mass is 32.1. The number of fused-ring (bicyclic) bond motifs is 9. The molecule has 0 amide bonds. The molecule has 0 radical (unpaired) electrons. The zero-order chi connectivity index (χ0) is 43.2. The molecule has 0 bridgehead atoms. The Hall–Kier alpha value is -7.99. The van der Waals surface area contributed by atoms with Gasteiger partial charge in [0.25, 0.3) is 0 Å². The first-order chi connectivity index (χ1) is 31.9. The molecule has 3 heterocycles. The van der Waals surface area contributed by atoms with Gasteiger partial charge in [0.2, 0.25) is 0 Å². The molecule has 4 nitrogen and oxygen atoms in total. The number of hydrogen-bond donors (Lipinski definition) is 0. The molecule has 0 spiro atoms. The highest BCUT2D eigenvalue weighted by molar-refractivity contribution is 7.25. The van der Waals surface area contributed by atoms with Gasteiger partial charge < -0.3 is 4.42 Å². The number of benzene rings is 9. The minimum atomic E-state index is -0.0466. The maximum absolute atomic E-state index is 6.57. The van der Waals surface area contributed by atoms with Crippen LogP contribution < -0.4 is 0 Å². The number of furan rings is 1. The highest BCUT2D eigenvalue weighted by Crippen LogP contribution is 2.50. The van der Waals surface area contributed by atoms with Crippen LogP contribution in [0.25, 0.3) is 121 Å². The average molecular weight is 850 g/mol. The van der Waals surface area contributed by atoms with E-state index in [1.54, 1.807) is 11.3 Å². The summed E-state index contributed by atoms with van der Waals surface area (Å²) >= 11 is 1.79. The van der Waals surface area contributed by atoms with Crippen molar-refractivity contribution in [2.45, 2.75) is 19.3 Å². The second-order valence-electron chi connectivity index (χ2n) is 17.5. The van der Waals surface area contributed by atoms with Crippen LogP contribution in [0.3, 0.4) is 0 Å². The number of hydrogen-bond acceptors (Lipinski definition) is 5. The van der Waals surface area contributed by atoms with Crippen molar-refractivity contribution >= 4 is 53.4 Å². The Kier molecular flexibility index (Phi) is 8.39. The Bertz CT molecular complexity index is 3840. The van der Waals surface area contributed by atoms with E-state index in [-0.39, 0.29) is 5.41 Å². The maximum atomic E-state index is 6.57. The quantitative estimate of drug-likeness (QED) is 0.167. The van der Waals surface area contributed by atoms with Crippen molar-refractivity contribution in [2.24, 2.45) is 0 Å². The van der Waals surface area contributed by atoms with Crippen LogP contribution in [0.2, 0.25) is 0 Å². The highest BCUT2D eigenvalue weighted by Gasteiger charge is 2.35. The van der Waals surface area contributed by atoms with Gasteiger partial charge in [-0.3, -0.25) is 0 Å². The topological polar surface area (TPSA) is 51.8 Å². The summed E-state index contributed by atoms with van der Waals surface area (Å²) in [6, 6.07) is 71.3. The number of thiophene rings is 1. The van der Waals surface area contributed by atoms with Crippen molar-refractivity contribution in [2.75, 3.05) is 0 Å². The van der Waals surface area contributed by atoms with Crippen molar-refractivity contribution in [1.82, 2.24) is 15.0 Å². The smallest absolute Gasteiger partial charge is 0.164 e. The minimum Gasteiger partial charge on any atom is -0.456 e. The van der Waals surface area contributed by atoms with Crippen molar-refractivity contribution < 1.29 is 4.42 Å². The van der Waals surface area contributed by atoms with Gasteiger partial charge in [0.15, 0.2) is 17.5 Å². The molecule has 9 aromatic carbocycles. The van der Waals surface area contributed by atoms with E-state index in [0.29, 0.717) is 17.5 Å². The van der Waals surface area contributed by atoms with Gasteiger partial charge in [-0.25, -0.2) is 15.0 Å². The SMILES string of the molecule is CC1(C)c2ccccc2-c2ccc(-c3ccc(-c4ccc5oc6cccc(-c7nc(-c8ccc(-c9ccccc9)cc8)nc(-c8cccc9sc%10ccccc%10c89)n7)c6c5c4)cc3)cc21. The van der Waals surface area contributed by atoms with E-state index in [9.17, 15) is 0 Å². The van der Waals surface area contributed by atoms with Crippen LogP contribution >= 0.6 is 11.3 Å². The molecule has 1 aliphatic rings. The molecule has 0 saturated carbocycles. The summed E-state index contributed by atoms with van der Waals surface area (Å²) in [6.07, 6.45) is 0. The van der Waals surface area contributed by atoms with Crippen LogP contribution in [0.4, 0.5) is 0 Å². The third kappa shape index (κ3) is 6.07. The largest absolute Gasteiger partial charge is 0.456 e. The van der Waals surface area contributed by atoms with Gasteiger partial charge in [0, 0.05) is 53.1 Å². The molecule has 0 fully saturated rings. The molecule has 65 heavy (non-hydrogen) atoms. The van der Waals surface area contributed by atoms with Crippen LogP contribution in [0.1, 0.15) is 25.0 Å². The summed E-state index contributed by atoms with van der Waals surface area (Å²) in [5.74, 6) is 1.84. The Morgan fingerprint density at radius 3 is 1.68 bits per heavy atom. The lowest BCUT2D eigenvalue weighted by atomic mass is 9.81. The summed E-state index contributed by atoms with van der Waals surface area (Å²) in [5, 5.41) is 4.34. The van der Waals surface area contributed by atoms with E-state index in [0.717, 1.165) is 66.3 Å². The lowest BCUT2D eigenvalue weighted by molar-refractivity contribution is 0.660. The summed E-state index contributed by atoms with van der Waals surface area (Å²) in [5.41, 5.74) is 16.8. The van der Waals surface area contributed by atoms with Crippen molar-refractivity contribution in [1.29, 1.82) is 0 Å². The van der Waals surface area contributed by atoms with Gasteiger partial charge in [-0.1, -0.05) is 178 Å². The van der Waals surface area contributed by atoms with Crippen molar-refractivity contribution in [3.05, 3.63) is 211 Å². The maximum Gasteiger partial charge on any atom is 0.164 e.